The van der Waals surface area contributed by atoms with Crippen LogP contribution in [0.25, 0.3) is 66.3 Å². The zero-order valence-electron chi connectivity index (χ0n) is 26.3. The summed E-state index contributed by atoms with van der Waals surface area (Å²) in [4.78, 5) is 14.8. The number of ether oxygens (including phenoxy) is 1. The molecule has 6 heteroatoms. The molecule has 0 N–H and O–H groups in total. The average Bonchev–Trinajstić information content (AvgIpc) is 3.69. The number of hydrogen-bond donors (Lipinski definition) is 0. The molecule has 9 aromatic rings. The van der Waals surface area contributed by atoms with Gasteiger partial charge in [-0.3, -0.25) is 14.0 Å². The molecule has 0 bridgehead atoms. The predicted molar refractivity (Wildman–Crippen MR) is 191 cm³/mol. The maximum atomic E-state index is 6.64. The Morgan fingerprint density at radius 3 is 2.15 bits per heavy atom. The van der Waals surface area contributed by atoms with Crippen LogP contribution in [0.5, 0.6) is 11.5 Å². The molecule has 0 fully saturated rings. The Labute approximate surface area is 271 Å². The van der Waals surface area contributed by atoms with Crippen molar-refractivity contribution in [2.45, 2.75) is 26.2 Å². The number of imidazole rings is 1. The van der Waals surface area contributed by atoms with Gasteiger partial charge >= 0.3 is 0 Å². The largest absolute Gasteiger partial charge is 0.457 e. The van der Waals surface area contributed by atoms with E-state index in [1.54, 1.807) is 0 Å². The fourth-order valence-electron chi connectivity index (χ4n) is 6.82. The minimum absolute atomic E-state index is 0.0852. The maximum absolute atomic E-state index is 6.64. The Morgan fingerprint density at radius 2 is 1.30 bits per heavy atom. The van der Waals surface area contributed by atoms with Crippen LogP contribution >= 0.6 is 0 Å². The molecule has 226 valence electrons. The van der Waals surface area contributed by atoms with Gasteiger partial charge < -0.3 is 4.74 Å². The second kappa shape index (κ2) is 10.3. The smallest absolute Gasteiger partial charge is 0.146 e. The predicted octanol–water partition coefficient (Wildman–Crippen LogP) is 10.3. The molecule has 9 rings (SSSR count). The summed E-state index contributed by atoms with van der Waals surface area (Å²) < 4.78 is 11.1. The summed E-state index contributed by atoms with van der Waals surface area (Å²) in [6.07, 6.45) is 5.81. The van der Waals surface area contributed by atoms with E-state index in [-0.39, 0.29) is 5.41 Å². The highest BCUT2D eigenvalue weighted by atomic mass is 16.5. The van der Waals surface area contributed by atoms with Gasteiger partial charge in [0.15, 0.2) is 0 Å². The lowest BCUT2D eigenvalue weighted by Crippen LogP contribution is -2.16. The van der Waals surface area contributed by atoms with Gasteiger partial charge in [0.05, 0.1) is 27.8 Å². The lowest BCUT2D eigenvalue weighted by Gasteiger charge is -2.23. The molecule has 0 atom stereocenters. The normalized spacial score (nSPS) is 12.1. The molecular weight excluding hydrogens is 578 g/mol. The second-order valence-electron chi connectivity index (χ2n) is 13.0. The summed E-state index contributed by atoms with van der Waals surface area (Å²) in [5, 5.41) is 4.35. The Bertz CT molecular complexity index is 2640. The van der Waals surface area contributed by atoms with Gasteiger partial charge in [-0.05, 0) is 60.0 Å². The average molecular weight is 610 g/mol. The zero-order valence-corrected chi connectivity index (χ0v) is 26.3. The summed E-state index contributed by atoms with van der Waals surface area (Å²) >= 11 is 0. The number of pyridine rings is 3. The highest BCUT2D eigenvalue weighted by Crippen LogP contribution is 2.39. The summed E-state index contributed by atoms with van der Waals surface area (Å²) in [5.74, 6) is 2.41. The summed E-state index contributed by atoms with van der Waals surface area (Å²) in [7, 11) is 0. The van der Waals surface area contributed by atoms with Crippen molar-refractivity contribution in [3.63, 3.8) is 0 Å². The summed E-state index contributed by atoms with van der Waals surface area (Å²) in [6, 6.07) is 39.6. The second-order valence-corrected chi connectivity index (χ2v) is 13.0. The molecular formula is C41H31N5O. The van der Waals surface area contributed by atoms with Gasteiger partial charge in [0.2, 0.25) is 0 Å². The third-order valence-corrected chi connectivity index (χ3v) is 9.00. The van der Waals surface area contributed by atoms with Crippen molar-refractivity contribution in [3.05, 3.63) is 139 Å². The van der Waals surface area contributed by atoms with Gasteiger partial charge in [0, 0.05) is 57.3 Å². The van der Waals surface area contributed by atoms with E-state index in [2.05, 4.69) is 109 Å². The summed E-state index contributed by atoms with van der Waals surface area (Å²) in [6.45, 7) is 6.69. The van der Waals surface area contributed by atoms with Crippen molar-refractivity contribution in [2.75, 3.05) is 0 Å². The molecule has 0 amide bonds. The van der Waals surface area contributed by atoms with E-state index >= 15 is 0 Å². The van der Waals surface area contributed by atoms with Crippen molar-refractivity contribution in [1.29, 1.82) is 0 Å². The van der Waals surface area contributed by atoms with Gasteiger partial charge in [-0.1, -0.05) is 75.4 Å². The molecule has 0 radical (unpaired) electrons. The molecule has 47 heavy (non-hydrogen) atoms. The fourth-order valence-corrected chi connectivity index (χ4v) is 6.82. The third-order valence-electron chi connectivity index (χ3n) is 9.00. The van der Waals surface area contributed by atoms with Crippen LogP contribution in [0.1, 0.15) is 26.3 Å². The highest BCUT2D eigenvalue weighted by molar-refractivity contribution is 6.11. The molecule has 5 aromatic heterocycles. The number of nitrogens with zero attached hydrogens (tertiary/aromatic N) is 5. The molecule has 0 saturated carbocycles. The Hall–Kier alpha value is -6.01. The standard InChI is InChI=1S/C41H31N5O/c1-41(2,3)33-14-9-22-43-40(33)46-35-15-8-7-13-29(35)30-19-17-28(24-37(30)46)47-27-18-20-31-32(23-27)39-44-34(26-11-5-4-6-12-26)25-45(39)36-16-10-21-42-38(31)36/h4-25H,1-3H3. The Balaban J connectivity index is 1.22. The zero-order chi connectivity index (χ0) is 31.7. The van der Waals surface area contributed by atoms with E-state index in [0.29, 0.717) is 0 Å². The van der Waals surface area contributed by atoms with Crippen LogP contribution < -0.4 is 4.74 Å². The number of fused-ring (bicyclic) bond motifs is 9. The quantitative estimate of drug-likeness (QED) is 0.186. The van der Waals surface area contributed by atoms with Gasteiger partial charge in [-0.25, -0.2) is 9.97 Å². The lowest BCUT2D eigenvalue weighted by atomic mass is 9.87. The molecule has 6 nitrogen and oxygen atoms in total. The molecule has 0 saturated heterocycles. The summed E-state index contributed by atoms with van der Waals surface area (Å²) in [5.41, 5.74) is 8.05. The van der Waals surface area contributed by atoms with Crippen LogP contribution in [-0.4, -0.2) is 23.9 Å². The molecule has 4 aromatic carbocycles. The van der Waals surface area contributed by atoms with Crippen LogP contribution in [0.4, 0.5) is 0 Å². The van der Waals surface area contributed by atoms with E-state index < -0.39 is 0 Å². The van der Waals surface area contributed by atoms with Crippen molar-refractivity contribution < 1.29 is 4.74 Å². The number of benzene rings is 4. The number of aromatic nitrogens is 5. The number of rotatable bonds is 4. The fraction of sp³-hybridized carbons (Fsp3) is 0.0976. The topological polar surface area (TPSA) is 57.2 Å². The van der Waals surface area contributed by atoms with E-state index in [9.17, 15) is 0 Å². The van der Waals surface area contributed by atoms with Gasteiger partial charge in [0.1, 0.15) is 23.0 Å². The minimum atomic E-state index is -0.0852. The lowest BCUT2D eigenvalue weighted by molar-refractivity contribution is 0.484. The first-order valence-corrected chi connectivity index (χ1v) is 15.9. The first-order valence-electron chi connectivity index (χ1n) is 15.9. The molecule has 0 aliphatic rings. The van der Waals surface area contributed by atoms with Crippen LogP contribution in [0.2, 0.25) is 0 Å². The number of para-hydroxylation sites is 1. The van der Waals surface area contributed by atoms with E-state index in [0.717, 1.165) is 72.4 Å². The monoisotopic (exact) mass is 609 g/mol. The van der Waals surface area contributed by atoms with Crippen LogP contribution in [0.15, 0.2) is 134 Å². The van der Waals surface area contributed by atoms with Crippen molar-refractivity contribution in [2.24, 2.45) is 0 Å². The van der Waals surface area contributed by atoms with Crippen LogP contribution in [0, 0.1) is 0 Å². The minimum Gasteiger partial charge on any atom is -0.457 e. The molecule has 0 unspecified atom stereocenters. The maximum Gasteiger partial charge on any atom is 0.146 e. The van der Waals surface area contributed by atoms with E-state index in [4.69, 9.17) is 19.7 Å². The van der Waals surface area contributed by atoms with Gasteiger partial charge in [0.25, 0.3) is 0 Å². The van der Waals surface area contributed by atoms with Crippen molar-refractivity contribution in [1.82, 2.24) is 23.9 Å². The van der Waals surface area contributed by atoms with Crippen molar-refractivity contribution >= 4 is 49.3 Å². The van der Waals surface area contributed by atoms with Crippen molar-refractivity contribution in [3.8, 4) is 28.6 Å². The van der Waals surface area contributed by atoms with E-state index in [1.165, 1.54) is 10.9 Å². The highest BCUT2D eigenvalue weighted by Gasteiger charge is 2.23. The molecule has 0 aliphatic carbocycles. The Morgan fingerprint density at radius 1 is 0.596 bits per heavy atom. The van der Waals surface area contributed by atoms with Gasteiger partial charge in [-0.15, -0.1) is 0 Å². The number of hydrogen-bond acceptors (Lipinski definition) is 4. The molecule has 0 aliphatic heterocycles. The molecule has 5 heterocycles. The third kappa shape index (κ3) is 4.36. The van der Waals surface area contributed by atoms with Gasteiger partial charge in [-0.2, -0.15) is 0 Å². The first-order chi connectivity index (χ1) is 22.9. The SMILES string of the molecule is CC(C)(C)c1cccnc1-n1c2ccccc2c2ccc(Oc3ccc4c(c3)c3nc(-c5ccccc5)cn3c3cccnc43)cc21. The van der Waals surface area contributed by atoms with E-state index in [1.807, 2.05) is 54.9 Å². The molecule has 0 spiro atoms. The van der Waals surface area contributed by atoms with Crippen LogP contribution in [-0.2, 0) is 5.41 Å². The van der Waals surface area contributed by atoms with Crippen LogP contribution in [0.3, 0.4) is 0 Å². The Kier molecular flexibility index (Phi) is 5.96. The first kappa shape index (κ1) is 27.3.